The molecule has 11 heavy (non-hydrogen) atoms. The summed E-state index contributed by atoms with van der Waals surface area (Å²) >= 11 is 1.69. The number of aliphatic carboxylic acids is 1. The van der Waals surface area contributed by atoms with Crippen LogP contribution in [-0.2, 0) is 4.79 Å². The topological polar surface area (TPSA) is 49.3 Å². The highest BCUT2D eigenvalue weighted by atomic mass is 32.2. The summed E-state index contributed by atoms with van der Waals surface area (Å²) in [6.07, 6.45) is 0.960. The lowest BCUT2D eigenvalue weighted by Crippen LogP contribution is -2.42. The third-order valence-corrected chi connectivity index (χ3v) is 3.56. The van der Waals surface area contributed by atoms with Crippen molar-refractivity contribution in [1.82, 2.24) is 5.32 Å². The van der Waals surface area contributed by atoms with Crippen LogP contribution in [0.1, 0.15) is 20.3 Å². The van der Waals surface area contributed by atoms with E-state index < -0.39 is 5.97 Å². The highest BCUT2D eigenvalue weighted by Gasteiger charge is 2.36. The monoisotopic (exact) mass is 175 g/mol. The van der Waals surface area contributed by atoms with Gasteiger partial charge in [0.1, 0.15) is 6.04 Å². The molecule has 0 aromatic carbocycles. The Hall–Kier alpha value is -0.220. The molecule has 1 aliphatic rings. The van der Waals surface area contributed by atoms with Gasteiger partial charge in [-0.15, -0.1) is 11.8 Å². The molecule has 0 radical (unpaired) electrons. The molecule has 1 rings (SSSR count). The highest BCUT2D eigenvalue weighted by molar-refractivity contribution is 8.00. The first-order chi connectivity index (χ1) is 5.07. The molecule has 0 spiro atoms. The summed E-state index contributed by atoms with van der Waals surface area (Å²) < 4.78 is 0. The van der Waals surface area contributed by atoms with Crippen molar-refractivity contribution in [1.29, 1.82) is 0 Å². The van der Waals surface area contributed by atoms with E-state index in [1.54, 1.807) is 11.8 Å². The van der Waals surface area contributed by atoms with Crippen LogP contribution in [0, 0.1) is 0 Å². The second-order valence-electron chi connectivity index (χ2n) is 2.93. The van der Waals surface area contributed by atoms with E-state index in [9.17, 15) is 4.79 Å². The molecular weight excluding hydrogens is 162 g/mol. The van der Waals surface area contributed by atoms with Gasteiger partial charge in [0.05, 0.1) is 4.87 Å². The van der Waals surface area contributed by atoms with E-state index in [1.165, 1.54) is 0 Å². The molecule has 4 heteroatoms. The third kappa shape index (κ3) is 1.87. The van der Waals surface area contributed by atoms with Crippen molar-refractivity contribution < 1.29 is 9.90 Å². The first-order valence-corrected chi connectivity index (χ1v) is 4.70. The Morgan fingerprint density at radius 2 is 2.55 bits per heavy atom. The van der Waals surface area contributed by atoms with Gasteiger partial charge in [-0.05, 0) is 13.3 Å². The van der Waals surface area contributed by atoms with Gasteiger partial charge < -0.3 is 5.11 Å². The second-order valence-corrected chi connectivity index (χ2v) is 4.45. The predicted octanol–water partition coefficient (Wildman–Crippen LogP) is 0.902. The molecule has 0 aromatic heterocycles. The van der Waals surface area contributed by atoms with E-state index in [0.29, 0.717) is 5.75 Å². The molecule has 0 bridgehead atoms. The molecule has 2 N–H and O–H groups in total. The fourth-order valence-electron chi connectivity index (χ4n) is 1.06. The van der Waals surface area contributed by atoms with Crippen molar-refractivity contribution >= 4 is 17.7 Å². The van der Waals surface area contributed by atoms with Gasteiger partial charge in [-0.2, -0.15) is 0 Å². The first kappa shape index (κ1) is 8.87. The van der Waals surface area contributed by atoms with Gasteiger partial charge in [0, 0.05) is 5.75 Å². The zero-order valence-corrected chi connectivity index (χ0v) is 7.57. The lowest BCUT2D eigenvalue weighted by Gasteiger charge is -2.21. The van der Waals surface area contributed by atoms with Crippen LogP contribution in [0.3, 0.4) is 0 Å². The Kier molecular flexibility index (Phi) is 2.44. The van der Waals surface area contributed by atoms with E-state index in [0.717, 1.165) is 6.42 Å². The van der Waals surface area contributed by atoms with Crippen LogP contribution < -0.4 is 5.32 Å². The molecule has 1 saturated heterocycles. The Balaban J connectivity index is 2.53. The molecule has 1 heterocycles. The van der Waals surface area contributed by atoms with Gasteiger partial charge in [0.2, 0.25) is 0 Å². The molecule has 3 nitrogen and oxygen atoms in total. The highest BCUT2D eigenvalue weighted by Crippen LogP contribution is 2.32. The summed E-state index contributed by atoms with van der Waals surface area (Å²) in [6.45, 7) is 4.10. The zero-order chi connectivity index (χ0) is 8.48. The minimum absolute atomic E-state index is 0.0247. The molecule has 0 aromatic rings. The molecule has 0 aliphatic carbocycles. The molecule has 64 valence electrons. The minimum Gasteiger partial charge on any atom is -0.480 e. The van der Waals surface area contributed by atoms with Gasteiger partial charge in [-0.3, -0.25) is 10.1 Å². The molecule has 2 atom stereocenters. The number of hydrogen-bond donors (Lipinski definition) is 2. The Morgan fingerprint density at radius 1 is 1.91 bits per heavy atom. The standard InChI is InChI=1S/C7H13NO2S/c1-3-7(2)8-5(4-11-7)6(9)10/h5,8H,3-4H2,1-2H3,(H,9,10)/t5-,7-/m0/s1. The number of nitrogens with one attached hydrogen (secondary N) is 1. The maximum absolute atomic E-state index is 10.5. The molecule has 0 unspecified atom stereocenters. The van der Waals surface area contributed by atoms with Gasteiger partial charge in [0.15, 0.2) is 0 Å². The van der Waals surface area contributed by atoms with Crippen LogP contribution in [0.15, 0.2) is 0 Å². The summed E-state index contributed by atoms with van der Waals surface area (Å²) in [5.74, 6) is -0.0608. The minimum atomic E-state index is -0.741. The number of carboxylic acids is 1. The summed E-state index contributed by atoms with van der Waals surface area (Å²) in [7, 11) is 0. The van der Waals surface area contributed by atoms with Gasteiger partial charge in [0.25, 0.3) is 0 Å². The van der Waals surface area contributed by atoms with Crippen molar-refractivity contribution in [2.75, 3.05) is 5.75 Å². The largest absolute Gasteiger partial charge is 0.480 e. The Morgan fingerprint density at radius 3 is 2.82 bits per heavy atom. The van der Waals surface area contributed by atoms with E-state index in [2.05, 4.69) is 12.2 Å². The van der Waals surface area contributed by atoms with Crippen LogP contribution >= 0.6 is 11.8 Å². The second kappa shape index (κ2) is 3.03. The number of thioether (sulfide) groups is 1. The van der Waals surface area contributed by atoms with Gasteiger partial charge in [-0.25, -0.2) is 0 Å². The van der Waals surface area contributed by atoms with E-state index in [4.69, 9.17) is 5.11 Å². The SMILES string of the molecule is CC[C@@]1(C)N[C@H](C(=O)O)CS1. The number of hydrogen-bond acceptors (Lipinski definition) is 3. The van der Waals surface area contributed by atoms with Crippen molar-refractivity contribution in [3.63, 3.8) is 0 Å². The first-order valence-electron chi connectivity index (χ1n) is 3.72. The van der Waals surface area contributed by atoms with Crippen LogP contribution in [-0.4, -0.2) is 27.7 Å². The van der Waals surface area contributed by atoms with Crippen LogP contribution in [0.5, 0.6) is 0 Å². The summed E-state index contributed by atoms with van der Waals surface area (Å²) in [6, 6.07) is -0.357. The van der Waals surface area contributed by atoms with E-state index >= 15 is 0 Å². The predicted molar refractivity (Wildman–Crippen MR) is 45.7 cm³/mol. The maximum Gasteiger partial charge on any atom is 0.321 e. The zero-order valence-electron chi connectivity index (χ0n) is 6.76. The Bertz CT molecular complexity index is 174. The maximum atomic E-state index is 10.5. The van der Waals surface area contributed by atoms with Crippen molar-refractivity contribution in [3.8, 4) is 0 Å². The van der Waals surface area contributed by atoms with Crippen molar-refractivity contribution in [2.45, 2.75) is 31.2 Å². The van der Waals surface area contributed by atoms with Crippen LogP contribution in [0.2, 0.25) is 0 Å². The molecule has 1 aliphatic heterocycles. The normalized spacial score (nSPS) is 37.5. The summed E-state index contributed by atoms with van der Waals surface area (Å²) in [5.41, 5.74) is 0. The fraction of sp³-hybridized carbons (Fsp3) is 0.857. The summed E-state index contributed by atoms with van der Waals surface area (Å²) in [5, 5.41) is 11.7. The van der Waals surface area contributed by atoms with Crippen molar-refractivity contribution in [3.05, 3.63) is 0 Å². The van der Waals surface area contributed by atoms with Crippen LogP contribution in [0.25, 0.3) is 0 Å². The smallest absolute Gasteiger partial charge is 0.321 e. The molecular formula is C7H13NO2S. The molecule has 0 amide bonds. The van der Waals surface area contributed by atoms with Crippen molar-refractivity contribution in [2.24, 2.45) is 0 Å². The average molecular weight is 175 g/mol. The third-order valence-electron chi connectivity index (χ3n) is 2.02. The number of carboxylic acid groups (broad SMARTS) is 1. The van der Waals surface area contributed by atoms with Gasteiger partial charge in [-0.1, -0.05) is 6.92 Å². The number of rotatable bonds is 2. The number of carbonyl (C=O) groups is 1. The average Bonchev–Trinajstić information content (AvgIpc) is 2.33. The van der Waals surface area contributed by atoms with E-state index in [-0.39, 0.29) is 10.9 Å². The molecule has 0 saturated carbocycles. The van der Waals surface area contributed by atoms with Gasteiger partial charge >= 0.3 is 5.97 Å². The van der Waals surface area contributed by atoms with E-state index in [1.807, 2.05) is 6.92 Å². The molecule has 1 fully saturated rings. The lowest BCUT2D eigenvalue weighted by molar-refractivity contribution is -0.138. The fourth-order valence-corrected chi connectivity index (χ4v) is 2.25. The quantitative estimate of drug-likeness (QED) is 0.654. The van der Waals surface area contributed by atoms with Crippen LogP contribution in [0.4, 0.5) is 0 Å². The lowest BCUT2D eigenvalue weighted by atomic mass is 10.2. The Labute approximate surface area is 70.6 Å². The summed E-state index contributed by atoms with van der Waals surface area (Å²) in [4.78, 5) is 10.5.